The molecule has 0 amide bonds. The van der Waals surface area contributed by atoms with E-state index in [1.165, 1.54) is 6.07 Å². The molecule has 1 aromatic carbocycles. The molecule has 2 aromatic rings. The van der Waals surface area contributed by atoms with Gasteiger partial charge in [-0.1, -0.05) is 13.8 Å². The molecule has 0 aliphatic heterocycles. The SMILES string of the molecule is CCN(CC)Cc1cc(/C(C)=N/Nc2c(F)c(F)nc(F)c2F)ccc1O. The third kappa shape index (κ3) is 4.73. The molecule has 2 N–H and O–H groups in total. The Morgan fingerprint density at radius 3 is 2.26 bits per heavy atom. The first kappa shape index (κ1) is 20.6. The summed E-state index contributed by atoms with van der Waals surface area (Å²) >= 11 is 0. The molecule has 0 bridgehead atoms. The van der Waals surface area contributed by atoms with Gasteiger partial charge < -0.3 is 5.11 Å². The number of hydrogen-bond donors (Lipinski definition) is 2. The lowest BCUT2D eigenvalue weighted by molar-refractivity contribution is 0.291. The van der Waals surface area contributed by atoms with Crippen LogP contribution in [-0.2, 0) is 6.54 Å². The van der Waals surface area contributed by atoms with Crippen molar-refractivity contribution in [3.63, 3.8) is 0 Å². The Hall–Kier alpha value is -2.68. The minimum Gasteiger partial charge on any atom is -0.508 e. The van der Waals surface area contributed by atoms with Crippen LogP contribution in [-0.4, -0.2) is 33.8 Å². The summed E-state index contributed by atoms with van der Waals surface area (Å²) in [5.41, 5.74) is 2.46. The predicted octanol–water partition coefficient (Wildman–Crippen LogP) is 4.02. The summed E-state index contributed by atoms with van der Waals surface area (Å²) < 4.78 is 53.5. The summed E-state index contributed by atoms with van der Waals surface area (Å²) in [6.45, 7) is 7.65. The number of phenolic OH excluding ortho intramolecular Hbond substituents is 1. The maximum atomic E-state index is 13.6. The predicted molar refractivity (Wildman–Crippen MR) is 94.6 cm³/mol. The zero-order valence-corrected chi connectivity index (χ0v) is 15.2. The van der Waals surface area contributed by atoms with E-state index in [4.69, 9.17) is 0 Å². The number of aromatic hydroxyl groups is 1. The molecule has 0 spiro atoms. The van der Waals surface area contributed by atoms with Gasteiger partial charge in [0.05, 0.1) is 5.71 Å². The highest BCUT2D eigenvalue weighted by Crippen LogP contribution is 2.23. The number of phenols is 1. The Labute approximate surface area is 154 Å². The van der Waals surface area contributed by atoms with Gasteiger partial charge in [-0.25, -0.2) is 0 Å². The molecule has 0 saturated heterocycles. The highest BCUT2D eigenvalue weighted by atomic mass is 19.2. The number of rotatable bonds is 7. The molecule has 9 heteroatoms. The van der Waals surface area contributed by atoms with Gasteiger partial charge in [-0.3, -0.25) is 10.3 Å². The molecule has 0 fully saturated rings. The average Bonchev–Trinajstić information content (AvgIpc) is 2.65. The van der Waals surface area contributed by atoms with Gasteiger partial charge in [0.1, 0.15) is 11.4 Å². The molecule has 0 unspecified atom stereocenters. The third-order valence-electron chi connectivity index (χ3n) is 4.12. The van der Waals surface area contributed by atoms with Crippen molar-refractivity contribution in [3.05, 3.63) is 52.9 Å². The minimum absolute atomic E-state index is 0.113. The fourth-order valence-electron chi connectivity index (χ4n) is 2.41. The van der Waals surface area contributed by atoms with Gasteiger partial charge in [-0.15, -0.1) is 0 Å². The van der Waals surface area contributed by atoms with Gasteiger partial charge in [-0.05, 0) is 43.8 Å². The van der Waals surface area contributed by atoms with Crippen LogP contribution in [0.15, 0.2) is 23.3 Å². The number of aromatic nitrogens is 1. The zero-order valence-electron chi connectivity index (χ0n) is 15.2. The van der Waals surface area contributed by atoms with Crippen LogP contribution in [0, 0.1) is 23.5 Å². The van der Waals surface area contributed by atoms with Crippen molar-refractivity contribution >= 4 is 11.4 Å². The zero-order chi connectivity index (χ0) is 20.1. The number of pyridine rings is 1. The van der Waals surface area contributed by atoms with Gasteiger partial charge in [0, 0.05) is 12.1 Å². The maximum absolute atomic E-state index is 13.6. The fraction of sp³-hybridized carbons (Fsp3) is 0.333. The third-order valence-corrected chi connectivity index (χ3v) is 4.12. The Morgan fingerprint density at radius 1 is 1.11 bits per heavy atom. The molecule has 0 aliphatic carbocycles. The average molecular weight is 384 g/mol. The van der Waals surface area contributed by atoms with Crippen molar-refractivity contribution < 1.29 is 22.7 Å². The quantitative estimate of drug-likeness (QED) is 0.328. The van der Waals surface area contributed by atoms with Crippen LogP contribution >= 0.6 is 0 Å². The minimum atomic E-state index is -1.77. The van der Waals surface area contributed by atoms with Crippen LogP contribution in [0.25, 0.3) is 0 Å². The number of nitrogens with one attached hydrogen (secondary N) is 1. The summed E-state index contributed by atoms with van der Waals surface area (Å²) in [5, 5.41) is 13.8. The van der Waals surface area contributed by atoms with Crippen LogP contribution in [0.3, 0.4) is 0 Å². The van der Waals surface area contributed by atoms with E-state index in [1.54, 1.807) is 19.1 Å². The number of hydrogen-bond acceptors (Lipinski definition) is 5. The molecule has 27 heavy (non-hydrogen) atoms. The van der Waals surface area contributed by atoms with Crippen LogP contribution in [0.2, 0.25) is 0 Å². The molecule has 0 atom stereocenters. The van der Waals surface area contributed by atoms with Crippen LogP contribution < -0.4 is 5.43 Å². The lowest BCUT2D eigenvalue weighted by Crippen LogP contribution is -2.22. The molecule has 146 valence electrons. The molecule has 1 aromatic heterocycles. The molecule has 0 saturated carbocycles. The van der Waals surface area contributed by atoms with Crippen molar-refractivity contribution in [2.24, 2.45) is 5.10 Å². The van der Waals surface area contributed by atoms with E-state index >= 15 is 0 Å². The van der Waals surface area contributed by atoms with Gasteiger partial charge in [0.25, 0.3) is 11.9 Å². The van der Waals surface area contributed by atoms with Gasteiger partial charge in [0.2, 0.25) is 11.6 Å². The monoisotopic (exact) mass is 384 g/mol. The lowest BCUT2D eigenvalue weighted by atomic mass is 10.1. The van der Waals surface area contributed by atoms with E-state index in [9.17, 15) is 22.7 Å². The smallest absolute Gasteiger partial charge is 0.254 e. The number of anilines is 1. The number of nitrogens with zero attached hydrogens (tertiary/aromatic N) is 3. The molecule has 2 rings (SSSR count). The highest BCUT2D eigenvalue weighted by Gasteiger charge is 2.20. The van der Waals surface area contributed by atoms with Crippen molar-refractivity contribution in [1.82, 2.24) is 9.88 Å². The Morgan fingerprint density at radius 2 is 1.70 bits per heavy atom. The first-order valence-electron chi connectivity index (χ1n) is 8.33. The summed E-state index contributed by atoms with van der Waals surface area (Å²) in [7, 11) is 0. The Bertz CT molecular complexity index is 827. The molecular weight excluding hydrogens is 364 g/mol. The van der Waals surface area contributed by atoms with E-state index in [-0.39, 0.29) is 5.75 Å². The van der Waals surface area contributed by atoms with Crippen LogP contribution in [0.1, 0.15) is 31.9 Å². The van der Waals surface area contributed by atoms with Gasteiger partial charge in [0.15, 0.2) is 0 Å². The summed E-state index contributed by atoms with van der Waals surface area (Å²) in [6.07, 6.45) is 0. The van der Waals surface area contributed by atoms with Gasteiger partial charge >= 0.3 is 0 Å². The molecular formula is C18H20F4N4O. The largest absolute Gasteiger partial charge is 0.508 e. The van der Waals surface area contributed by atoms with E-state index < -0.39 is 29.2 Å². The second kappa shape index (κ2) is 8.81. The highest BCUT2D eigenvalue weighted by molar-refractivity contribution is 5.99. The first-order valence-corrected chi connectivity index (χ1v) is 8.33. The Balaban J connectivity index is 2.29. The fourth-order valence-corrected chi connectivity index (χ4v) is 2.41. The van der Waals surface area contributed by atoms with Crippen LogP contribution in [0.4, 0.5) is 23.2 Å². The number of hydrazone groups is 1. The van der Waals surface area contributed by atoms with Crippen LogP contribution in [0.5, 0.6) is 5.75 Å². The summed E-state index contributed by atoms with van der Waals surface area (Å²) in [4.78, 5) is 4.57. The summed E-state index contributed by atoms with van der Waals surface area (Å²) in [6, 6.07) is 4.75. The summed E-state index contributed by atoms with van der Waals surface area (Å²) in [5.74, 6) is -6.76. The van der Waals surface area contributed by atoms with Crippen molar-refractivity contribution in [1.29, 1.82) is 0 Å². The van der Waals surface area contributed by atoms with E-state index in [0.29, 0.717) is 23.4 Å². The Kier molecular flexibility index (Phi) is 6.73. The number of benzene rings is 1. The van der Waals surface area contributed by atoms with E-state index in [2.05, 4.69) is 15.0 Å². The molecule has 1 heterocycles. The van der Waals surface area contributed by atoms with Gasteiger partial charge in [-0.2, -0.15) is 27.6 Å². The topological polar surface area (TPSA) is 60.8 Å². The number of halogens is 4. The standard InChI is InChI=1S/C18H20F4N4O/c1-4-26(5-2)9-12-8-11(6-7-13(12)27)10(3)24-25-16-14(19)17(21)23-18(22)15(16)20/h6-8,27H,4-5,9H2,1-3H3,(H,23,25)/b24-10+. The second-order valence-electron chi connectivity index (χ2n) is 5.81. The van der Waals surface area contributed by atoms with Crippen molar-refractivity contribution in [3.8, 4) is 5.75 Å². The maximum Gasteiger partial charge on any atom is 0.254 e. The van der Waals surface area contributed by atoms with Crippen molar-refractivity contribution in [2.75, 3.05) is 18.5 Å². The molecule has 0 aliphatic rings. The second-order valence-corrected chi connectivity index (χ2v) is 5.81. The van der Waals surface area contributed by atoms with E-state index in [0.717, 1.165) is 13.1 Å². The normalized spacial score (nSPS) is 11.9. The first-order chi connectivity index (χ1) is 12.8. The van der Waals surface area contributed by atoms with Crippen molar-refractivity contribution in [2.45, 2.75) is 27.3 Å². The lowest BCUT2D eigenvalue weighted by Gasteiger charge is -2.19. The van der Waals surface area contributed by atoms with E-state index in [1.807, 2.05) is 19.3 Å². The molecule has 0 radical (unpaired) electrons. The molecule has 5 nitrogen and oxygen atoms in total.